The Labute approximate surface area is 327 Å². The maximum atomic E-state index is 6.80. The van der Waals surface area contributed by atoms with E-state index in [2.05, 4.69) is 24.3 Å². The predicted molar refractivity (Wildman–Crippen MR) is 209 cm³/mol. The van der Waals surface area contributed by atoms with Gasteiger partial charge in [-0.15, -0.1) is 0 Å². The molecule has 0 N–H and O–H groups in total. The number of nitrogens with zero attached hydrogens (tertiary/aromatic N) is 8. The Morgan fingerprint density at radius 1 is 0.364 bits per heavy atom. The van der Waals surface area contributed by atoms with Crippen LogP contribution in [-0.4, -0.2) is 29.9 Å². The van der Waals surface area contributed by atoms with E-state index in [1.54, 1.807) is 0 Å². The first-order valence-electron chi connectivity index (χ1n) is 17.6. The summed E-state index contributed by atoms with van der Waals surface area (Å²) < 4.78 is 6.80. The maximum absolute atomic E-state index is 6.80. The molecule has 2 aliphatic rings. The van der Waals surface area contributed by atoms with Gasteiger partial charge >= 0.3 is 19.5 Å². The van der Waals surface area contributed by atoms with Crippen molar-refractivity contribution in [2.24, 2.45) is 0 Å². The van der Waals surface area contributed by atoms with E-state index in [-0.39, 0.29) is 25.6 Å². The zero-order valence-electron chi connectivity index (χ0n) is 29.2. The van der Waals surface area contributed by atoms with Gasteiger partial charge in [-0.1, -0.05) is 133 Å². The molecule has 0 saturated heterocycles. The van der Waals surface area contributed by atoms with Crippen LogP contribution in [0.2, 0.25) is 0 Å². The molecule has 55 heavy (non-hydrogen) atoms. The molecule has 5 heterocycles. The second-order valence-corrected chi connectivity index (χ2v) is 13.1. The number of ether oxygens (including phenoxy) is 1. The van der Waals surface area contributed by atoms with Crippen molar-refractivity contribution in [1.29, 1.82) is 0 Å². The Balaban J connectivity index is 0.00000372. The Kier molecular flexibility index (Phi) is 7.85. The van der Waals surface area contributed by atoms with Crippen molar-refractivity contribution in [3.8, 4) is 51.3 Å². The summed E-state index contributed by atoms with van der Waals surface area (Å²) in [6, 6.07) is 50.2. The SMILES string of the molecule is [Zn+2].c1ccc(C(Oc2ccc3c(c2)-c2nc-3nc3[n-]c(nc4nc(nc5[n-]c(n2)c2ccccc52)-c2ccccc2-4)c2ccccc32)c2ccccc2)cc1. The molecule has 9 aromatic rings. The summed E-state index contributed by atoms with van der Waals surface area (Å²) in [4.78, 5) is 40.2. The standard InChI is InChI=1S/C45H26N8O.Zn/c1-3-13-26(14-4-1)37(27-15-5-2-6-16-27)54-28-23-24-35-36(25-28)45-52-43-34-22-12-11-21-33(34)41(50-43)48-39-30-18-8-7-17-29(30)38(46-39)47-40-31-19-9-10-20-32(31)42(49-40)51-44(35)53-45;/h1-25,37H;/q-2;+2. The summed E-state index contributed by atoms with van der Waals surface area (Å²) >= 11 is 0. The van der Waals surface area contributed by atoms with Crippen LogP contribution in [0.1, 0.15) is 17.2 Å². The minimum atomic E-state index is -0.333. The molecule has 254 valence electrons. The van der Waals surface area contributed by atoms with Crippen molar-refractivity contribution in [3.05, 3.63) is 163 Å². The van der Waals surface area contributed by atoms with E-state index in [0.29, 0.717) is 51.6 Å². The van der Waals surface area contributed by atoms with Crippen molar-refractivity contribution in [1.82, 2.24) is 39.9 Å². The van der Waals surface area contributed by atoms with Gasteiger partial charge in [0.15, 0.2) is 0 Å². The first-order chi connectivity index (χ1) is 26.7. The van der Waals surface area contributed by atoms with E-state index >= 15 is 0 Å². The number of aromatic nitrogens is 8. The minimum absolute atomic E-state index is 0. The average Bonchev–Trinajstić information content (AvgIpc) is 3.96. The molecular weight excluding hydrogens is 734 g/mol. The number of rotatable bonds is 4. The topological polar surface area (TPSA) is 115 Å². The zero-order chi connectivity index (χ0) is 35.6. The summed E-state index contributed by atoms with van der Waals surface area (Å²) in [6.07, 6.45) is -0.333. The molecule has 0 unspecified atom stereocenters. The number of hydrogen-bond donors (Lipinski definition) is 0. The normalized spacial score (nSPS) is 11.7. The largest absolute Gasteiger partial charge is 2.00 e. The molecular formula is C45H26N8OZn. The molecule has 0 atom stereocenters. The van der Waals surface area contributed by atoms with E-state index in [9.17, 15) is 0 Å². The third-order valence-corrected chi connectivity index (χ3v) is 9.85. The van der Waals surface area contributed by atoms with Crippen LogP contribution in [-0.2, 0) is 19.5 Å². The van der Waals surface area contributed by atoms with Crippen LogP contribution in [0.4, 0.5) is 0 Å². The van der Waals surface area contributed by atoms with Gasteiger partial charge < -0.3 is 34.6 Å². The van der Waals surface area contributed by atoms with Crippen LogP contribution in [0.25, 0.3) is 89.7 Å². The molecule has 0 aliphatic carbocycles. The summed E-state index contributed by atoms with van der Waals surface area (Å²) in [6.45, 7) is 0. The van der Waals surface area contributed by atoms with Gasteiger partial charge in [0, 0.05) is 44.8 Å². The van der Waals surface area contributed by atoms with Crippen LogP contribution in [0.3, 0.4) is 0 Å². The van der Waals surface area contributed by atoms with Gasteiger partial charge in [0.25, 0.3) is 0 Å². The third-order valence-electron chi connectivity index (χ3n) is 9.85. The van der Waals surface area contributed by atoms with Crippen molar-refractivity contribution < 1.29 is 24.2 Å². The second kappa shape index (κ2) is 13.2. The summed E-state index contributed by atoms with van der Waals surface area (Å²) in [5.74, 6) is 2.68. The Morgan fingerprint density at radius 2 is 0.727 bits per heavy atom. The second-order valence-electron chi connectivity index (χ2n) is 13.1. The molecule has 2 aliphatic heterocycles. The van der Waals surface area contributed by atoms with Gasteiger partial charge in [-0.3, -0.25) is 0 Å². The number of hydrogen-bond acceptors (Lipinski definition) is 7. The molecule has 10 heteroatoms. The fourth-order valence-electron chi connectivity index (χ4n) is 7.28. The van der Waals surface area contributed by atoms with Gasteiger partial charge in [0.1, 0.15) is 11.9 Å². The predicted octanol–water partition coefficient (Wildman–Crippen LogP) is 9.29. The minimum Gasteiger partial charge on any atom is -0.481 e. The molecule has 0 fully saturated rings. The van der Waals surface area contributed by atoms with Crippen LogP contribution < -0.4 is 14.7 Å². The van der Waals surface area contributed by atoms with Crippen LogP contribution in [0.15, 0.2) is 152 Å². The first-order valence-corrected chi connectivity index (χ1v) is 17.6. The Bertz CT molecular complexity index is 3060. The van der Waals surface area contributed by atoms with Crippen LogP contribution >= 0.6 is 0 Å². The van der Waals surface area contributed by atoms with Gasteiger partial charge in [-0.2, -0.15) is 0 Å². The van der Waals surface area contributed by atoms with E-state index in [1.807, 2.05) is 127 Å². The summed E-state index contributed by atoms with van der Waals surface area (Å²) in [5.41, 5.74) is 7.46. The van der Waals surface area contributed by atoms with Gasteiger partial charge in [0.2, 0.25) is 0 Å². The van der Waals surface area contributed by atoms with Gasteiger partial charge in [-0.05, 0) is 50.9 Å². The maximum Gasteiger partial charge on any atom is 2.00 e. The van der Waals surface area contributed by atoms with Crippen LogP contribution in [0, 0.1) is 0 Å². The van der Waals surface area contributed by atoms with Crippen molar-refractivity contribution >= 4 is 44.1 Å². The molecule has 0 radical (unpaired) electrons. The fraction of sp³-hybridized carbons (Fsp3) is 0.0222. The molecule has 0 amide bonds. The van der Waals surface area contributed by atoms with Gasteiger partial charge in [-0.25, -0.2) is 9.97 Å². The zero-order valence-corrected chi connectivity index (χ0v) is 32.2. The third kappa shape index (κ3) is 5.57. The smallest absolute Gasteiger partial charge is 0.481 e. The Morgan fingerprint density at radius 3 is 1.16 bits per heavy atom. The molecule has 8 bridgehead atoms. The fourth-order valence-corrected chi connectivity index (χ4v) is 7.28. The van der Waals surface area contributed by atoms with E-state index in [0.717, 1.165) is 54.9 Å². The molecule has 9 nitrogen and oxygen atoms in total. The van der Waals surface area contributed by atoms with E-state index in [1.165, 1.54) is 0 Å². The monoisotopic (exact) mass is 758 g/mol. The average molecular weight is 760 g/mol. The summed E-state index contributed by atoms with van der Waals surface area (Å²) in [5, 5.41) is 3.43. The first kappa shape index (κ1) is 32.7. The van der Waals surface area contributed by atoms with Crippen molar-refractivity contribution in [3.63, 3.8) is 0 Å². The molecule has 11 rings (SSSR count). The molecule has 0 spiro atoms. The summed E-state index contributed by atoms with van der Waals surface area (Å²) in [7, 11) is 0. The quantitative estimate of drug-likeness (QED) is 0.162. The van der Waals surface area contributed by atoms with E-state index in [4.69, 9.17) is 44.6 Å². The van der Waals surface area contributed by atoms with Crippen molar-refractivity contribution in [2.45, 2.75) is 6.10 Å². The Hall–Kier alpha value is -6.90. The van der Waals surface area contributed by atoms with E-state index < -0.39 is 0 Å². The number of benzene rings is 6. The van der Waals surface area contributed by atoms with Crippen molar-refractivity contribution in [2.75, 3.05) is 0 Å². The van der Waals surface area contributed by atoms with Crippen LogP contribution in [0.5, 0.6) is 5.75 Å². The molecule has 6 aromatic carbocycles. The molecule has 3 aromatic heterocycles. The number of fused-ring (bicyclic) bond motifs is 20. The molecule has 0 saturated carbocycles. The van der Waals surface area contributed by atoms with Gasteiger partial charge in [0.05, 0.1) is 23.3 Å².